The molecule has 1 aromatic heterocycles. The van der Waals surface area contributed by atoms with E-state index in [9.17, 15) is 16.8 Å². The highest BCUT2D eigenvalue weighted by molar-refractivity contribution is 7.93. The number of aryl methyl sites for hydroxylation is 2. The Hall–Kier alpha value is -3.50. The number of fused-ring (bicyclic) bond motifs is 1. The lowest BCUT2D eigenvalue weighted by Gasteiger charge is -2.23. The highest BCUT2D eigenvalue weighted by atomic mass is 32.2. The van der Waals surface area contributed by atoms with Crippen molar-refractivity contribution in [3.63, 3.8) is 0 Å². The molecular weight excluding hydrogens is 508 g/mol. The van der Waals surface area contributed by atoms with Crippen molar-refractivity contribution in [1.82, 2.24) is 9.97 Å². The molecule has 192 valence electrons. The molecule has 5 rings (SSSR count). The lowest BCUT2D eigenvalue weighted by Crippen LogP contribution is -2.32. The molecule has 0 aliphatic carbocycles. The number of para-hydroxylation sites is 1. The first-order chi connectivity index (χ1) is 17.6. The molecule has 3 aromatic carbocycles. The van der Waals surface area contributed by atoms with E-state index in [1.807, 2.05) is 37.3 Å². The zero-order chi connectivity index (χ0) is 26.2. The van der Waals surface area contributed by atoms with E-state index in [1.54, 1.807) is 37.4 Å². The smallest absolute Gasteiger partial charge is 0.262 e. The summed E-state index contributed by atoms with van der Waals surface area (Å²) in [6, 6.07) is 17.6. The Bertz CT molecular complexity index is 1700. The Balaban J connectivity index is 1.44. The Labute approximate surface area is 217 Å². The van der Waals surface area contributed by atoms with E-state index in [0.717, 1.165) is 34.9 Å². The number of hydrogen-bond acceptors (Lipinski definition) is 6. The molecule has 0 atom stereocenters. The topological polar surface area (TPSA) is 109 Å². The SMILES string of the molecule is Cc1ccc(NS(=O)(=O)c2ccc(N3CCCCCS3(=O)=O)cc2C)cc1-c1ncc2ccccc2n1. The number of benzene rings is 3. The summed E-state index contributed by atoms with van der Waals surface area (Å²) in [6.45, 7) is 3.99. The minimum absolute atomic E-state index is 0.0903. The molecule has 10 heteroatoms. The summed E-state index contributed by atoms with van der Waals surface area (Å²) in [5, 5.41) is 0.924. The van der Waals surface area contributed by atoms with Crippen molar-refractivity contribution < 1.29 is 16.8 Å². The third-order valence-electron chi connectivity index (χ3n) is 6.56. The summed E-state index contributed by atoms with van der Waals surface area (Å²) in [4.78, 5) is 9.22. The molecule has 2 heterocycles. The van der Waals surface area contributed by atoms with Crippen LogP contribution in [-0.2, 0) is 20.0 Å². The molecule has 0 radical (unpaired) electrons. The van der Waals surface area contributed by atoms with Gasteiger partial charge in [-0.15, -0.1) is 0 Å². The van der Waals surface area contributed by atoms with Crippen LogP contribution in [0.2, 0.25) is 0 Å². The number of rotatable bonds is 5. The largest absolute Gasteiger partial charge is 0.280 e. The van der Waals surface area contributed by atoms with Crippen LogP contribution in [0.1, 0.15) is 30.4 Å². The summed E-state index contributed by atoms with van der Waals surface area (Å²) in [5.41, 5.74) is 3.79. The highest BCUT2D eigenvalue weighted by Crippen LogP contribution is 2.30. The molecule has 1 aliphatic heterocycles. The van der Waals surface area contributed by atoms with Crippen molar-refractivity contribution in [2.75, 3.05) is 21.3 Å². The van der Waals surface area contributed by atoms with Crippen LogP contribution >= 0.6 is 0 Å². The lowest BCUT2D eigenvalue weighted by atomic mass is 10.1. The average molecular weight is 537 g/mol. The van der Waals surface area contributed by atoms with Gasteiger partial charge < -0.3 is 0 Å². The van der Waals surface area contributed by atoms with Gasteiger partial charge in [0.05, 0.1) is 21.9 Å². The van der Waals surface area contributed by atoms with E-state index in [2.05, 4.69) is 14.7 Å². The average Bonchev–Trinajstić information content (AvgIpc) is 3.04. The minimum atomic E-state index is -3.93. The molecule has 1 fully saturated rings. The van der Waals surface area contributed by atoms with Gasteiger partial charge in [0.2, 0.25) is 10.0 Å². The fourth-order valence-electron chi connectivity index (χ4n) is 4.58. The van der Waals surface area contributed by atoms with Gasteiger partial charge in [0, 0.05) is 29.4 Å². The van der Waals surface area contributed by atoms with Gasteiger partial charge in [-0.2, -0.15) is 0 Å². The maximum Gasteiger partial charge on any atom is 0.262 e. The van der Waals surface area contributed by atoms with Gasteiger partial charge >= 0.3 is 0 Å². The van der Waals surface area contributed by atoms with Crippen LogP contribution in [0.3, 0.4) is 0 Å². The van der Waals surface area contributed by atoms with Gasteiger partial charge in [0.25, 0.3) is 10.0 Å². The third kappa shape index (κ3) is 5.17. The number of nitrogens with one attached hydrogen (secondary N) is 1. The zero-order valence-corrected chi connectivity index (χ0v) is 22.3. The van der Waals surface area contributed by atoms with E-state index in [4.69, 9.17) is 0 Å². The van der Waals surface area contributed by atoms with E-state index in [-0.39, 0.29) is 10.6 Å². The fourth-order valence-corrected chi connectivity index (χ4v) is 7.49. The van der Waals surface area contributed by atoms with Crippen molar-refractivity contribution in [2.45, 2.75) is 38.0 Å². The quantitative estimate of drug-likeness (QED) is 0.383. The van der Waals surface area contributed by atoms with Gasteiger partial charge in [0.1, 0.15) is 0 Å². The number of hydrogen-bond donors (Lipinski definition) is 1. The first-order valence-electron chi connectivity index (χ1n) is 12.1. The van der Waals surface area contributed by atoms with Crippen LogP contribution in [0.4, 0.5) is 11.4 Å². The first-order valence-corrected chi connectivity index (χ1v) is 15.2. The van der Waals surface area contributed by atoms with Crippen LogP contribution in [-0.4, -0.2) is 39.1 Å². The van der Waals surface area contributed by atoms with E-state index in [1.165, 1.54) is 10.4 Å². The van der Waals surface area contributed by atoms with Crippen molar-refractivity contribution >= 4 is 42.3 Å². The van der Waals surface area contributed by atoms with Gasteiger partial charge in [-0.3, -0.25) is 9.03 Å². The van der Waals surface area contributed by atoms with Gasteiger partial charge in [-0.25, -0.2) is 26.8 Å². The molecular formula is C27H28N4O4S2. The first kappa shape index (κ1) is 25.2. The van der Waals surface area contributed by atoms with E-state index >= 15 is 0 Å². The second kappa shape index (κ2) is 9.75. The predicted octanol–water partition coefficient (Wildman–Crippen LogP) is 5.03. The molecule has 8 nitrogen and oxygen atoms in total. The summed E-state index contributed by atoms with van der Waals surface area (Å²) < 4.78 is 56.0. The van der Waals surface area contributed by atoms with Crippen molar-refractivity contribution in [2.24, 2.45) is 0 Å². The second-order valence-corrected chi connectivity index (χ2v) is 12.9. The molecule has 1 aliphatic rings. The van der Waals surface area contributed by atoms with Crippen molar-refractivity contribution in [1.29, 1.82) is 0 Å². The number of anilines is 2. The van der Waals surface area contributed by atoms with Crippen LogP contribution in [0.15, 0.2) is 71.8 Å². The maximum absolute atomic E-state index is 13.3. The monoisotopic (exact) mass is 536 g/mol. The number of nitrogens with zero attached hydrogens (tertiary/aromatic N) is 3. The normalized spacial score (nSPS) is 15.9. The molecule has 0 spiro atoms. The number of sulfonamides is 2. The van der Waals surface area contributed by atoms with E-state index in [0.29, 0.717) is 35.7 Å². The molecule has 0 unspecified atom stereocenters. The summed E-state index contributed by atoms with van der Waals surface area (Å²) in [5.74, 6) is 0.612. The van der Waals surface area contributed by atoms with Gasteiger partial charge in [-0.05, 0) is 74.2 Å². The van der Waals surface area contributed by atoms with Crippen LogP contribution in [0, 0.1) is 13.8 Å². The van der Waals surface area contributed by atoms with Crippen LogP contribution < -0.4 is 9.03 Å². The highest BCUT2D eigenvalue weighted by Gasteiger charge is 2.26. The van der Waals surface area contributed by atoms with Crippen molar-refractivity contribution in [3.05, 3.63) is 78.0 Å². The number of aromatic nitrogens is 2. The summed E-state index contributed by atoms with van der Waals surface area (Å²) >= 11 is 0. The Morgan fingerprint density at radius 3 is 2.54 bits per heavy atom. The zero-order valence-electron chi connectivity index (χ0n) is 20.7. The molecule has 4 aromatic rings. The lowest BCUT2D eigenvalue weighted by molar-refractivity contribution is 0.592. The third-order valence-corrected chi connectivity index (χ3v) is 9.97. The molecule has 37 heavy (non-hydrogen) atoms. The molecule has 1 saturated heterocycles. The second-order valence-electron chi connectivity index (χ2n) is 9.29. The Morgan fingerprint density at radius 1 is 0.919 bits per heavy atom. The maximum atomic E-state index is 13.3. The van der Waals surface area contributed by atoms with Crippen LogP contribution in [0.25, 0.3) is 22.3 Å². The van der Waals surface area contributed by atoms with Gasteiger partial charge in [-0.1, -0.05) is 30.7 Å². The Morgan fingerprint density at radius 2 is 1.73 bits per heavy atom. The van der Waals surface area contributed by atoms with Gasteiger partial charge in [0.15, 0.2) is 5.82 Å². The standard InChI is InChI=1S/C27H28N4O4S2/c1-19-10-11-22(17-24(19)27-28-18-21-8-4-5-9-25(21)29-27)30-37(34,35)26-13-12-23(16-20(26)2)31-14-6-3-7-15-36(31,32)33/h4-5,8-13,16-18,30H,3,6-7,14-15H2,1-2H3. The Kier molecular flexibility index (Phi) is 6.63. The minimum Gasteiger partial charge on any atom is -0.280 e. The van der Waals surface area contributed by atoms with Crippen molar-refractivity contribution in [3.8, 4) is 11.4 Å². The van der Waals surface area contributed by atoms with Crippen LogP contribution in [0.5, 0.6) is 0 Å². The molecule has 0 amide bonds. The van der Waals surface area contributed by atoms with E-state index < -0.39 is 20.0 Å². The molecule has 0 bridgehead atoms. The fraction of sp³-hybridized carbons (Fsp3) is 0.259. The predicted molar refractivity (Wildman–Crippen MR) is 147 cm³/mol. The summed E-state index contributed by atoms with van der Waals surface area (Å²) in [7, 11) is -7.35. The molecule has 0 saturated carbocycles. The molecule has 1 N–H and O–H groups in total. The summed E-state index contributed by atoms with van der Waals surface area (Å²) in [6.07, 6.45) is 4.02.